The van der Waals surface area contributed by atoms with Crippen LogP contribution in [-0.4, -0.2) is 51.5 Å². The van der Waals surface area contributed by atoms with Crippen LogP contribution in [0.25, 0.3) is 0 Å². The molecule has 2 N–H and O–H groups in total. The van der Waals surface area contributed by atoms with Crippen molar-refractivity contribution in [3.63, 3.8) is 0 Å². The van der Waals surface area contributed by atoms with Crippen LogP contribution in [0.15, 0.2) is 23.3 Å². The molecule has 0 amide bonds. The Bertz CT molecular complexity index is 875. The zero-order valence-corrected chi connectivity index (χ0v) is 19.2. The van der Waals surface area contributed by atoms with Gasteiger partial charge in [-0.2, -0.15) is 5.10 Å². The minimum atomic E-state index is 0.252. The summed E-state index contributed by atoms with van der Waals surface area (Å²) < 4.78 is 13.2. The minimum absolute atomic E-state index is 0.252. The van der Waals surface area contributed by atoms with Gasteiger partial charge in [-0.05, 0) is 44.6 Å². The number of aromatic nitrogens is 4. The van der Waals surface area contributed by atoms with Gasteiger partial charge in [0.15, 0.2) is 11.8 Å². The first-order chi connectivity index (χ1) is 15.7. The highest BCUT2D eigenvalue weighted by molar-refractivity contribution is 5.80. The monoisotopic (exact) mass is 441 g/mol. The van der Waals surface area contributed by atoms with E-state index in [1.807, 2.05) is 16.9 Å². The molecular weight excluding hydrogens is 406 g/mol. The highest BCUT2D eigenvalue weighted by atomic mass is 16.5. The van der Waals surface area contributed by atoms with E-state index in [0.717, 1.165) is 61.9 Å². The molecule has 2 aromatic heterocycles. The zero-order chi connectivity index (χ0) is 22.2. The standard InChI is InChI=1S/C23H35N7O2/c1-3-24-23(27-18-10-11-21-28-20(16-31-2)29-30(21)15-18)26-14-17-9-12-22(25-13-17)32-19-7-5-4-6-8-19/h9,12-13,18-19H,3-8,10-11,14-16H2,1-2H3,(H2,24,26,27). The molecule has 4 rings (SSSR count). The van der Waals surface area contributed by atoms with Crippen molar-refractivity contribution in [2.24, 2.45) is 4.99 Å². The maximum Gasteiger partial charge on any atom is 0.213 e. The third kappa shape index (κ3) is 6.18. The Hall–Kier alpha value is -2.68. The molecule has 1 saturated carbocycles. The molecule has 2 aliphatic rings. The van der Waals surface area contributed by atoms with Gasteiger partial charge in [-0.25, -0.2) is 19.6 Å². The van der Waals surface area contributed by atoms with E-state index in [4.69, 9.17) is 14.5 Å². The fourth-order valence-corrected chi connectivity index (χ4v) is 4.28. The van der Waals surface area contributed by atoms with E-state index in [0.29, 0.717) is 25.1 Å². The molecule has 32 heavy (non-hydrogen) atoms. The van der Waals surface area contributed by atoms with Gasteiger partial charge in [-0.1, -0.05) is 12.5 Å². The Balaban J connectivity index is 1.31. The van der Waals surface area contributed by atoms with Crippen LogP contribution in [0.2, 0.25) is 0 Å². The number of guanidine groups is 1. The van der Waals surface area contributed by atoms with Crippen molar-refractivity contribution >= 4 is 5.96 Å². The topological polar surface area (TPSA) is 98.5 Å². The van der Waals surface area contributed by atoms with E-state index in [2.05, 4.69) is 38.7 Å². The number of fused-ring (bicyclic) bond motifs is 1. The first-order valence-corrected chi connectivity index (χ1v) is 11.8. The second-order valence-electron chi connectivity index (χ2n) is 8.52. The molecule has 3 heterocycles. The second-order valence-corrected chi connectivity index (χ2v) is 8.52. The lowest BCUT2D eigenvalue weighted by Gasteiger charge is -2.25. The normalized spacial score (nSPS) is 19.4. The van der Waals surface area contributed by atoms with Crippen molar-refractivity contribution in [3.05, 3.63) is 35.5 Å². The molecule has 174 valence electrons. The number of aryl methyl sites for hydroxylation is 1. The van der Waals surface area contributed by atoms with Gasteiger partial charge in [0.1, 0.15) is 18.5 Å². The number of hydrogen-bond donors (Lipinski definition) is 2. The molecule has 1 aliphatic heterocycles. The van der Waals surface area contributed by atoms with E-state index >= 15 is 0 Å². The second kappa shape index (κ2) is 11.3. The molecule has 1 aliphatic carbocycles. The lowest BCUT2D eigenvalue weighted by atomic mass is 9.98. The van der Waals surface area contributed by atoms with Crippen LogP contribution >= 0.6 is 0 Å². The average molecular weight is 442 g/mol. The SMILES string of the molecule is CCNC(=NCc1ccc(OC2CCCCC2)nc1)NC1CCc2nc(COC)nn2C1. The Morgan fingerprint density at radius 1 is 1.22 bits per heavy atom. The van der Waals surface area contributed by atoms with E-state index < -0.39 is 0 Å². The van der Waals surface area contributed by atoms with Gasteiger partial charge in [0, 0.05) is 38.4 Å². The first kappa shape index (κ1) is 22.5. The summed E-state index contributed by atoms with van der Waals surface area (Å²) in [6.45, 7) is 4.65. The van der Waals surface area contributed by atoms with Crippen LogP contribution in [0, 0.1) is 0 Å². The average Bonchev–Trinajstić information content (AvgIpc) is 3.21. The molecule has 0 bridgehead atoms. The van der Waals surface area contributed by atoms with Crippen LogP contribution in [0.1, 0.15) is 62.7 Å². The fraction of sp³-hybridized carbons (Fsp3) is 0.652. The Morgan fingerprint density at radius 2 is 2.09 bits per heavy atom. The van der Waals surface area contributed by atoms with E-state index in [-0.39, 0.29) is 6.04 Å². The Labute approximate surface area is 190 Å². The lowest BCUT2D eigenvalue weighted by Crippen LogP contribution is -2.47. The number of nitrogens with one attached hydrogen (secondary N) is 2. The molecule has 0 saturated heterocycles. The Morgan fingerprint density at radius 3 is 2.84 bits per heavy atom. The summed E-state index contributed by atoms with van der Waals surface area (Å²) in [5.74, 6) is 3.29. The number of pyridine rings is 1. The summed E-state index contributed by atoms with van der Waals surface area (Å²) in [6.07, 6.45) is 10.2. The molecule has 1 fully saturated rings. The number of hydrogen-bond acceptors (Lipinski definition) is 6. The van der Waals surface area contributed by atoms with Crippen molar-refractivity contribution < 1.29 is 9.47 Å². The molecule has 0 spiro atoms. The zero-order valence-electron chi connectivity index (χ0n) is 19.2. The number of ether oxygens (including phenoxy) is 2. The molecule has 0 aromatic carbocycles. The van der Waals surface area contributed by atoms with Crippen molar-refractivity contribution in [1.29, 1.82) is 0 Å². The van der Waals surface area contributed by atoms with Gasteiger partial charge in [0.2, 0.25) is 5.88 Å². The maximum absolute atomic E-state index is 6.03. The number of rotatable bonds is 8. The molecule has 9 heteroatoms. The van der Waals surface area contributed by atoms with E-state index in [9.17, 15) is 0 Å². The van der Waals surface area contributed by atoms with Crippen molar-refractivity contribution in [2.45, 2.75) is 83.7 Å². The summed E-state index contributed by atoms with van der Waals surface area (Å²) in [5.41, 5.74) is 1.06. The van der Waals surface area contributed by atoms with Crippen LogP contribution in [0.5, 0.6) is 5.88 Å². The first-order valence-electron chi connectivity index (χ1n) is 11.8. The molecule has 1 atom stereocenters. The summed E-state index contributed by atoms with van der Waals surface area (Å²) in [5, 5.41) is 11.4. The quantitative estimate of drug-likeness (QED) is 0.480. The van der Waals surface area contributed by atoms with Gasteiger partial charge in [0.25, 0.3) is 0 Å². The smallest absolute Gasteiger partial charge is 0.213 e. The largest absolute Gasteiger partial charge is 0.474 e. The van der Waals surface area contributed by atoms with Gasteiger partial charge in [-0.3, -0.25) is 0 Å². The van der Waals surface area contributed by atoms with Crippen molar-refractivity contribution in [2.75, 3.05) is 13.7 Å². The molecule has 9 nitrogen and oxygen atoms in total. The third-order valence-electron chi connectivity index (χ3n) is 5.92. The molecule has 2 aromatic rings. The van der Waals surface area contributed by atoms with Gasteiger partial charge < -0.3 is 20.1 Å². The maximum atomic E-state index is 6.03. The van der Waals surface area contributed by atoms with Gasteiger partial charge in [-0.15, -0.1) is 0 Å². The van der Waals surface area contributed by atoms with Crippen molar-refractivity contribution in [3.8, 4) is 5.88 Å². The predicted octanol–water partition coefficient (Wildman–Crippen LogP) is 2.60. The van der Waals surface area contributed by atoms with E-state index in [1.165, 1.54) is 19.3 Å². The van der Waals surface area contributed by atoms with Crippen LogP contribution < -0.4 is 15.4 Å². The highest BCUT2D eigenvalue weighted by Crippen LogP contribution is 2.22. The lowest BCUT2D eigenvalue weighted by molar-refractivity contribution is 0.148. The van der Waals surface area contributed by atoms with Gasteiger partial charge in [0.05, 0.1) is 13.1 Å². The van der Waals surface area contributed by atoms with Crippen LogP contribution in [0.3, 0.4) is 0 Å². The van der Waals surface area contributed by atoms with Crippen LogP contribution in [-0.2, 0) is 30.9 Å². The Kier molecular flexibility index (Phi) is 7.92. The number of methoxy groups -OCH3 is 1. The van der Waals surface area contributed by atoms with Crippen molar-refractivity contribution in [1.82, 2.24) is 30.4 Å². The summed E-state index contributed by atoms with van der Waals surface area (Å²) in [7, 11) is 1.66. The summed E-state index contributed by atoms with van der Waals surface area (Å²) >= 11 is 0. The van der Waals surface area contributed by atoms with Crippen LogP contribution in [0.4, 0.5) is 0 Å². The fourth-order valence-electron chi connectivity index (χ4n) is 4.28. The number of aliphatic imine (C=N–C) groups is 1. The van der Waals surface area contributed by atoms with E-state index in [1.54, 1.807) is 7.11 Å². The predicted molar refractivity (Wildman–Crippen MR) is 123 cm³/mol. The highest BCUT2D eigenvalue weighted by Gasteiger charge is 2.22. The summed E-state index contributed by atoms with van der Waals surface area (Å²) in [4.78, 5) is 13.8. The summed E-state index contributed by atoms with van der Waals surface area (Å²) in [6, 6.07) is 4.27. The third-order valence-corrected chi connectivity index (χ3v) is 5.92. The molecule has 0 radical (unpaired) electrons. The molecular formula is C23H35N7O2. The minimum Gasteiger partial charge on any atom is -0.474 e. The molecule has 1 unspecified atom stereocenters. The van der Waals surface area contributed by atoms with Gasteiger partial charge >= 0.3 is 0 Å². The number of nitrogens with zero attached hydrogens (tertiary/aromatic N) is 5.